The molecule has 20 heavy (non-hydrogen) atoms. The molecule has 0 saturated heterocycles. The van der Waals surface area contributed by atoms with Gasteiger partial charge >= 0.3 is 5.97 Å². The fraction of sp³-hybridized carbons (Fsp3) is 0.333. The van der Waals surface area contributed by atoms with Crippen molar-refractivity contribution in [2.75, 3.05) is 6.26 Å². The lowest BCUT2D eigenvalue weighted by molar-refractivity contribution is -0.139. The highest BCUT2D eigenvalue weighted by molar-refractivity contribution is 7.92. The Bertz CT molecular complexity index is 630. The number of nitrogens with one attached hydrogen (secondary N) is 1. The summed E-state index contributed by atoms with van der Waals surface area (Å²) in [6, 6.07) is 0.199. The molecule has 0 aliphatic carbocycles. The van der Waals surface area contributed by atoms with E-state index in [-0.39, 0.29) is 16.2 Å². The number of hydrogen-bond donors (Lipinski definition) is 2. The third-order valence-electron chi connectivity index (χ3n) is 2.41. The molecule has 1 rings (SSSR count). The maximum atomic E-state index is 11.9. The van der Waals surface area contributed by atoms with Gasteiger partial charge in [-0.2, -0.15) is 0 Å². The van der Waals surface area contributed by atoms with Gasteiger partial charge in [0, 0.05) is 11.6 Å². The molecule has 0 bridgehead atoms. The zero-order chi connectivity index (χ0) is 15.3. The number of sulfone groups is 1. The van der Waals surface area contributed by atoms with Crippen molar-refractivity contribution in [1.29, 1.82) is 0 Å². The Balaban J connectivity index is 2.84. The van der Waals surface area contributed by atoms with E-state index < -0.39 is 27.8 Å². The largest absolute Gasteiger partial charge is 0.480 e. The second-order valence-electron chi connectivity index (χ2n) is 4.10. The molecule has 0 aliphatic heterocycles. The van der Waals surface area contributed by atoms with E-state index in [0.29, 0.717) is 0 Å². The van der Waals surface area contributed by atoms with Crippen molar-refractivity contribution >= 4 is 33.1 Å². The molecule has 110 valence electrons. The molecule has 1 aromatic heterocycles. The van der Waals surface area contributed by atoms with Crippen molar-refractivity contribution in [3.05, 3.63) is 29.2 Å². The molecule has 6 nitrogen and oxygen atoms in total. The monoisotopic (exact) mass is 317 g/mol. The standard InChI is InChI=1S/C12H15NO5S2/c1-3-4-5-9(12(15)16)13-11(14)8-6-10(19-7-8)20(2,17)18/h3-4,6-7,9H,5H2,1-2H3,(H,13,14)(H,15,16)/b4-3+. The van der Waals surface area contributed by atoms with Crippen LogP contribution in [0.2, 0.25) is 0 Å². The summed E-state index contributed by atoms with van der Waals surface area (Å²) in [6.45, 7) is 1.75. The Morgan fingerprint density at radius 2 is 2.15 bits per heavy atom. The van der Waals surface area contributed by atoms with Crippen LogP contribution in [0.15, 0.2) is 27.8 Å². The molecular weight excluding hydrogens is 302 g/mol. The van der Waals surface area contributed by atoms with Crippen molar-refractivity contribution in [3.8, 4) is 0 Å². The van der Waals surface area contributed by atoms with Gasteiger partial charge in [0.05, 0.1) is 5.56 Å². The minimum atomic E-state index is -3.36. The van der Waals surface area contributed by atoms with E-state index in [4.69, 9.17) is 5.11 Å². The molecule has 8 heteroatoms. The highest BCUT2D eigenvalue weighted by atomic mass is 32.2. The molecule has 0 spiro atoms. The SMILES string of the molecule is C/C=C/CC(NC(=O)c1csc(S(C)(=O)=O)c1)C(=O)O. The summed E-state index contributed by atoms with van der Waals surface area (Å²) in [5.41, 5.74) is 0.141. The van der Waals surface area contributed by atoms with Crippen LogP contribution in [-0.2, 0) is 14.6 Å². The third-order valence-corrected chi connectivity index (χ3v) is 5.18. The highest BCUT2D eigenvalue weighted by Gasteiger charge is 2.21. The number of amides is 1. The number of rotatable bonds is 6. The summed E-state index contributed by atoms with van der Waals surface area (Å²) in [5.74, 6) is -1.75. The molecule has 1 unspecified atom stereocenters. The Hall–Kier alpha value is -1.67. The van der Waals surface area contributed by atoms with Gasteiger partial charge in [-0.1, -0.05) is 12.2 Å². The fourth-order valence-electron chi connectivity index (χ4n) is 1.37. The maximum absolute atomic E-state index is 11.9. The van der Waals surface area contributed by atoms with Gasteiger partial charge in [0.2, 0.25) is 0 Å². The topological polar surface area (TPSA) is 101 Å². The van der Waals surface area contributed by atoms with Crippen molar-refractivity contribution in [3.63, 3.8) is 0 Å². The summed E-state index contributed by atoms with van der Waals surface area (Å²) >= 11 is 0.928. The van der Waals surface area contributed by atoms with Crippen LogP contribution in [0.3, 0.4) is 0 Å². The first-order valence-corrected chi connectivity index (χ1v) is 8.46. The number of thiophene rings is 1. The van der Waals surface area contributed by atoms with Gasteiger partial charge in [-0.05, 0) is 19.4 Å². The van der Waals surface area contributed by atoms with Crippen molar-refractivity contribution in [1.82, 2.24) is 5.32 Å². The molecule has 0 fully saturated rings. The van der Waals surface area contributed by atoms with Crippen LogP contribution in [0.4, 0.5) is 0 Å². The molecule has 0 saturated carbocycles. The second-order valence-corrected chi connectivity index (χ2v) is 7.25. The highest BCUT2D eigenvalue weighted by Crippen LogP contribution is 2.20. The van der Waals surface area contributed by atoms with E-state index in [9.17, 15) is 18.0 Å². The van der Waals surface area contributed by atoms with Gasteiger partial charge in [-0.25, -0.2) is 13.2 Å². The summed E-state index contributed by atoms with van der Waals surface area (Å²) in [4.78, 5) is 22.9. The zero-order valence-electron chi connectivity index (χ0n) is 11.0. The molecule has 0 aliphatic rings. The number of carbonyl (C=O) groups excluding carboxylic acids is 1. The number of carboxylic acid groups (broad SMARTS) is 1. The molecule has 1 heterocycles. The lowest BCUT2D eigenvalue weighted by Crippen LogP contribution is -2.40. The van der Waals surface area contributed by atoms with Crippen molar-refractivity contribution < 1.29 is 23.1 Å². The van der Waals surface area contributed by atoms with Crippen LogP contribution in [-0.4, -0.2) is 37.7 Å². The lowest BCUT2D eigenvalue weighted by atomic mass is 10.2. The average molecular weight is 317 g/mol. The Kier molecular flexibility index (Phi) is 5.46. The number of aliphatic carboxylic acids is 1. The quantitative estimate of drug-likeness (QED) is 0.770. The normalized spacial score (nSPS) is 13.3. The molecule has 1 atom stereocenters. The van der Waals surface area contributed by atoms with E-state index in [1.54, 1.807) is 19.1 Å². The van der Waals surface area contributed by atoms with E-state index in [1.165, 1.54) is 11.4 Å². The molecule has 0 radical (unpaired) electrons. The minimum Gasteiger partial charge on any atom is -0.480 e. The van der Waals surface area contributed by atoms with Crippen molar-refractivity contribution in [2.24, 2.45) is 0 Å². The summed E-state index contributed by atoms with van der Waals surface area (Å²) in [5, 5.41) is 12.7. The molecule has 1 aromatic rings. The number of allylic oxidation sites excluding steroid dienone is 1. The van der Waals surface area contributed by atoms with E-state index in [0.717, 1.165) is 17.6 Å². The molecule has 2 N–H and O–H groups in total. The Morgan fingerprint density at radius 1 is 1.50 bits per heavy atom. The van der Waals surface area contributed by atoms with Gasteiger partial charge in [-0.15, -0.1) is 11.3 Å². The van der Waals surface area contributed by atoms with Crippen LogP contribution in [0, 0.1) is 0 Å². The van der Waals surface area contributed by atoms with Gasteiger partial charge in [0.1, 0.15) is 10.3 Å². The van der Waals surface area contributed by atoms with Crippen LogP contribution < -0.4 is 5.32 Å². The summed E-state index contributed by atoms with van der Waals surface area (Å²) < 4.78 is 22.7. The predicted molar refractivity (Wildman–Crippen MR) is 75.7 cm³/mol. The smallest absolute Gasteiger partial charge is 0.326 e. The minimum absolute atomic E-state index is 0.0722. The predicted octanol–water partition coefficient (Wildman–Crippen LogP) is 1.30. The van der Waals surface area contributed by atoms with Crippen molar-refractivity contribution in [2.45, 2.75) is 23.6 Å². The Labute approximate surface area is 121 Å². The van der Waals surface area contributed by atoms with Gasteiger partial charge < -0.3 is 10.4 Å². The number of carboxylic acids is 1. The number of hydrogen-bond acceptors (Lipinski definition) is 5. The van der Waals surface area contributed by atoms with Crippen LogP contribution in [0.1, 0.15) is 23.7 Å². The summed E-state index contributed by atoms with van der Waals surface area (Å²) in [7, 11) is -3.36. The van der Waals surface area contributed by atoms with Crippen LogP contribution >= 0.6 is 11.3 Å². The van der Waals surface area contributed by atoms with Gasteiger partial charge in [0.25, 0.3) is 5.91 Å². The fourth-order valence-corrected chi connectivity index (χ4v) is 3.16. The molecule has 1 amide bonds. The van der Waals surface area contributed by atoms with Gasteiger partial charge in [0.15, 0.2) is 9.84 Å². The maximum Gasteiger partial charge on any atom is 0.326 e. The molecule has 0 aromatic carbocycles. The Morgan fingerprint density at radius 3 is 2.60 bits per heavy atom. The molecular formula is C12H15NO5S2. The van der Waals surface area contributed by atoms with E-state index in [2.05, 4.69) is 5.32 Å². The van der Waals surface area contributed by atoms with E-state index in [1.807, 2.05) is 0 Å². The first-order chi connectivity index (χ1) is 9.25. The van der Waals surface area contributed by atoms with E-state index >= 15 is 0 Å². The zero-order valence-corrected chi connectivity index (χ0v) is 12.6. The average Bonchev–Trinajstić information content (AvgIpc) is 2.83. The van der Waals surface area contributed by atoms with Crippen LogP contribution in [0.25, 0.3) is 0 Å². The summed E-state index contributed by atoms with van der Waals surface area (Å²) in [6.07, 6.45) is 4.54. The van der Waals surface area contributed by atoms with Gasteiger partial charge in [-0.3, -0.25) is 4.79 Å². The first-order valence-electron chi connectivity index (χ1n) is 5.69. The lowest BCUT2D eigenvalue weighted by Gasteiger charge is -2.11. The first kappa shape index (κ1) is 16.4. The number of carbonyl (C=O) groups is 2. The third kappa shape index (κ3) is 4.46. The van der Waals surface area contributed by atoms with Crippen LogP contribution in [0.5, 0.6) is 0 Å². The second kappa shape index (κ2) is 6.67.